The molecule has 2 rings (SSSR count). The van der Waals surface area contributed by atoms with E-state index >= 15 is 0 Å². The first-order valence-corrected chi connectivity index (χ1v) is 6.27. The van der Waals surface area contributed by atoms with Crippen LogP contribution in [-0.4, -0.2) is 25.0 Å². The summed E-state index contributed by atoms with van der Waals surface area (Å²) in [5.41, 5.74) is 5.58. The first-order chi connectivity index (χ1) is 5.55. The van der Waals surface area contributed by atoms with Crippen molar-refractivity contribution in [1.82, 2.24) is 0 Å². The minimum absolute atomic E-state index is 0.223. The molecule has 2 aliphatic rings. The molecule has 0 bridgehead atoms. The van der Waals surface area contributed by atoms with Gasteiger partial charge in [0, 0.05) is 5.54 Å². The van der Waals surface area contributed by atoms with E-state index in [2.05, 4.69) is 0 Å². The molecule has 2 N–H and O–H groups in total. The van der Waals surface area contributed by atoms with Gasteiger partial charge in [-0.3, -0.25) is 0 Å². The van der Waals surface area contributed by atoms with E-state index in [0.717, 1.165) is 32.1 Å². The summed E-state index contributed by atoms with van der Waals surface area (Å²) in [4.78, 5) is 0. The van der Waals surface area contributed by atoms with Crippen molar-refractivity contribution in [3.05, 3.63) is 0 Å². The monoisotopic (exact) mass is 189 g/mol. The summed E-state index contributed by atoms with van der Waals surface area (Å²) in [5, 5.41) is -0.223. The van der Waals surface area contributed by atoms with E-state index in [1.807, 2.05) is 0 Å². The van der Waals surface area contributed by atoms with E-state index in [1.165, 1.54) is 0 Å². The molecule has 70 valence electrons. The summed E-state index contributed by atoms with van der Waals surface area (Å²) < 4.78 is 23.2. The molecule has 0 aromatic heterocycles. The number of nitrogens with two attached hydrogens (primary N) is 1. The molecule has 2 fully saturated rings. The number of hydrogen-bond acceptors (Lipinski definition) is 3. The van der Waals surface area contributed by atoms with Crippen molar-refractivity contribution >= 4 is 9.84 Å². The van der Waals surface area contributed by atoms with Crippen molar-refractivity contribution in [2.75, 3.05) is 5.75 Å². The minimum atomic E-state index is -2.84. The minimum Gasteiger partial charge on any atom is -0.324 e. The molecule has 12 heavy (non-hydrogen) atoms. The molecule has 0 aromatic carbocycles. The lowest BCUT2D eigenvalue weighted by Gasteiger charge is -2.27. The Kier molecular flexibility index (Phi) is 1.74. The van der Waals surface area contributed by atoms with Gasteiger partial charge in [0.15, 0.2) is 9.84 Å². The third kappa shape index (κ3) is 1.27. The Morgan fingerprint density at radius 2 is 1.92 bits per heavy atom. The summed E-state index contributed by atoms with van der Waals surface area (Å²) in [7, 11) is -2.84. The predicted molar refractivity (Wildman–Crippen MR) is 47.6 cm³/mol. The van der Waals surface area contributed by atoms with Crippen molar-refractivity contribution in [3.63, 3.8) is 0 Å². The lowest BCUT2D eigenvalue weighted by molar-refractivity contribution is 0.490. The lowest BCUT2D eigenvalue weighted by atomic mass is 10.1. The highest BCUT2D eigenvalue weighted by Crippen LogP contribution is 2.42. The fraction of sp³-hybridized carbons (Fsp3) is 1.00. The van der Waals surface area contributed by atoms with E-state index in [0.29, 0.717) is 5.75 Å². The smallest absolute Gasteiger partial charge is 0.154 e. The maximum absolute atomic E-state index is 11.6. The van der Waals surface area contributed by atoms with E-state index in [4.69, 9.17) is 5.73 Å². The van der Waals surface area contributed by atoms with Crippen LogP contribution in [0.15, 0.2) is 0 Å². The molecule has 1 aliphatic heterocycles. The van der Waals surface area contributed by atoms with E-state index in [9.17, 15) is 8.42 Å². The van der Waals surface area contributed by atoms with Crippen molar-refractivity contribution in [2.24, 2.45) is 5.73 Å². The second kappa shape index (κ2) is 2.45. The first-order valence-electron chi connectivity index (χ1n) is 4.55. The van der Waals surface area contributed by atoms with Crippen molar-refractivity contribution < 1.29 is 8.42 Å². The SMILES string of the molecule is NC1(C2CCCCS2(=O)=O)CC1. The summed E-state index contributed by atoms with van der Waals surface area (Å²) in [6.07, 6.45) is 4.45. The number of sulfone groups is 1. The molecule has 1 saturated heterocycles. The van der Waals surface area contributed by atoms with Crippen molar-refractivity contribution in [1.29, 1.82) is 0 Å². The van der Waals surface area contributed by atoms with E-state index in [1.54, 1.807) is 0 Å². The number of hydrogen-bond donors (Lipinski definition) is 1. The molecular weight excluding hydrogens is 174 g/mol. The fourth-order valence-corrected chi connectivity index (χ4v) is 4.43. The van der Waals surface area contributed by atoms with Crippen LogP contribution in [0.1, 0.15) is 32.1 Å². The Hall–Kier alpha value is -0.0900. The highest BCUT2D eigenvalue weighted by molar-refractivity contribution is 7.92. The molecule has 1 atom stereocenters. The van der Waals surface area contributed by atoms with E-state index < -0.39 is 9.84 Å². The van der Waals surface area contributed by atoms with Crippen LogP contribution in [0.3, 0.4) is 0 Å². The Bertz CT molecular complexity index is 279. The average molecular weight is 189 g/mol. The Balaban J connectivity index is 2.22. The Labute approximate surface area is 73.2 Å². The highest BCUT2D eigenvalue weighted by atomic mass is 32.2. The second-order valence-electron chi connectivity index (χ2n) is 4.08. The molecular formula is C8H15NO2S. The van der Waals surface area contributed by atoms with Crippen LogP contribution >= 0.6 is 0 Å². The van der Waals surface area contributed by atoms with Gasteiger partial charge in [0.1, 0.15) is 0 Å². The lowest BCUT2D eigenvalue weighted by Crippen LogP contribution is -2.45. The predicted octanol–water partition coefficient (Wildman–Crippen LogP) is 0.445. The Morgan fingerprint density at radius 1 is 1.25 bits per heavy atom. The standard InChI is InChI=1S/C8H15NO2S/c9-8(4-5-8)7-3-1-2-6-12(7,10)11/h7H,1-6,9H2. The summed E-state index contributed by atoms with van der Waals surface area (Å²) in [6.45, 7) is 0. The van der Waals surface area contributed by atoms with Gasteiger partial charge in [0.05, 0.1) is 11.0 Å². The van der Waals surface area contributed by atoms with Gasteiger partial charge < -0.3 is 5.73 Å². The third-order valence-corrected chi connectivity index (χ3v) is 5.48. The zero-order valence-electron chi connectivity index (χ0n) is 7.12. The van der Waals surface area contributed by atoms with Gasteiger partial charge in [0.25, 0.3) is 0 Å². The van der Waals surface area contributed by atoms with Gasteiger partial charge >= 0.3 is 0 Å². The molecule has 1 saturated carbocycles. The van der Waals surface area contributed by atoms with Gasteiger partial charge in [-0.2, -0.15) is 0 Å². The molecule has 1 unspecified atom stereocenters. The molecule has 4 heteroatoms. The second-order valence-corrected chi connectivity index (χ2v) is 6.39. The van der Waals surface area contributed by atoms with Crippen LogP contribution in [0.4, 0.5) is 0 Å². The topological polar surface area (TPSA) is 60.2 Å². The molecule has 0 radical (unpaired) electrons. The molecule has 0 aromatic rings. The maximum atomic E-state index is 11.6. The number of rotatable bonds is 1. The van der Waals surface area contributed by atoms with Crippen LogP contribution in [-0.2, 0) is 9.84 Å². The summed E-state index contributed by atoms with van der Waals surface area (Å²) in [5.74, 6) is 0.358. The van der Waals surface area contributed by atoms with Crippen LogP contribution in [0.2, 0.25) is 0 Å². The van der Waals surface area contributed by atoms with Crippen LogP contribution in [0.5, 0.6) is 0 Å². The van der Waals surface area contributed by atoms with Gasteiger partial charge in [-0.25, -0.2) is 8.42 Å². The van der Waals surface area contributed by atoms with E-state index in [-0.39, 0.29) is 10.8 Å². The molecule has 1 aliphatic carbocycles. The summed E-state index contributed by atoms with van der Waals surface area (Å²) in [6, 6.07) is 0. The normalized spacial score (nSPS) is 37.6. The average Bonchev–Trinajstić information content (AvgIpc) is 2.67. The van der Waals surface area contributed by atoms with Crippen molar-refractivity contribution in [3.8, 4) is 0 Å². The largest absolute Gasteiger partial charge is 0.324 e. The van der Waals surface area contributed by atoms with Crippen LogP contribution in [0, 0.1) is 0 Å². The van der Waals surface area contributed by atoms with Crippen LogP contribution < -0.4 is 5.73 Å². The first kappa shape index (κ1) is 8.51. The molecule has 3 nitrogen and oxygen atoms in total. The summed E-state index contributed by atoms with van der Waals surface area (Å²) >= 11 is 0. The van der Waals surface area contributed by atoms with Crippen LogP contribution in [0.25, 0.3) is 0 Å². The van der Waals surface area contributed by atoms with Gasteiger partial charge in [-0.1, -0.05) is 6.42 Å². The Morgan fingerprint density at radius 3 is 2.42 bits per heavy atom. The quantitative estimate of drug-likeness (QED) is 0.651. The fourth-order valence-electron chi connectivity index (χ4n) is 2.07. The zero-order valence-corrected chi connectivity index (χ0v) is 7.94. The van der Waals surface area contributed by atoms with Gasteiger partial charge in [-0.05, 0) is 25.7 Å². The van der Waals surface area contributed by atoms with Gasteiger partial charge in [0.2, 0.25) is 0 Å². The van der Waals surface area contributed by atoms with Gasteiger partial charge in [-0.15, -0.1) is 0 Å². The molecule has 0 spiro atoms. The van der Waals surface area contributed by atoms with Crippen molar-refractivity contribution in [2.45, 2.75) is 42.9 Å². The third-order valence-electron chi connectivity index (χ3n) is 3.05. The highest BCUT2D eigenvalue weighted by Gasteiger charge is 2.51. The molecule has 1 heterocycles. The zero-order chi connectivity index (χ0) is 8.82. The maximum Gasteiger partial charge on any atom is 0.154 e. The molecule has 0 amide bonds.